The van der Waals surface area contributed by atoms with Gasteiger partial charge in [-0.2, -0.15) is 4.98 Å². The molecule has 106 valence electrons. The van der Waals surface area contributed by atoms with Crippen LogP contribution >= 0.6 is 0 Å². The Bertz CT molecular complexity index is 780. The molecule has 0 amide bonds. The minimum atomic E-state index is 0.326. The monoisotopic (exact) mass is 279 g/mol. The Morgan fingerprint density at radius 1 is 1.14 bits per heavy atom. The van der Waals surface area contributed by atoms with Crippen LogP contribution in [0, 0.1) is 0 Å². The second-order valence-corrected chi connectivity index (χ2v) is 5.66. The summed E-state index contributed by atoms with van der Waals surface area (Å²) < 4.78 is 5.48. The van der Waals surface area contributed by atoms with Gasteiger partial charge in [0.05, 0.1) is 5.92 Å². The van der Waals surface area contributed by atoms with Gasteiger partial charge in [-0.3, -0.25) is 0 Å². The highest BCUT2D eigenvalue weighted by atomic mass is 16.5. The lowest BCUT2D eigenvalue weighted by Crippen LogP contribution is -2.21. The van der Waals surface area contributed by atoms with Crippen molar-refractivity contribution < 1.29 is 4.52 Å². The summed E-state index contributed by atoms with van der Waals surface area (Å²) in [5, 5.41) is 9.98. The first-order chi connectivity index (χ1) is 10.3. The molecule has 2 heterocycles. The van der Waals surface area contributed by atoms with Gasteiger partial charge >= 0.3 is 0 Å². The largest absolute Gasteiger partial charge is 0.339 e. The second-order valence-electron chi connectivity index (χ2n) is 5.66. The van der Waals surface area contributed by atoms with Crippen LogP contribution < -0.4 is 5.32 Å². The smallest absolute Gasteiger partial charge is 0.231 e. The second kappa shape index (κ2) is 4.97. The fraction of sp³-hybridized carbons (Fsp3) is 0.294. The lowest BCUT2D eigenvalue weighted by Gasteiger charge is -2.08. The van der Waals surface area contributed by atoms with E-state index < -0.39 is 0 Å². The Kier molecular flexibility index (Phi) is 2.97. The lowest BCUT2D eigenvalue weighted by atomic mass is 10.0. The lowest BCUT2D eigenvalue weighted by molar-refractivity contribution is 0.345. The first kappa shape index (κ1) is 12.5. The molecule has 4 heteroatoms. The molecule has 4 rings (SSSR count). The van der Waals surface area contributed by atoms with E-state index in [2.05, 4.69) is 46.6 Å². The molecule has 0 saturated carbocycles. The van der Waals surface area contributed by atoms with Gasteiger partial charge < -0.3 is 9.84 Å². The molecule has 1 saturated heterocycles. The van der Waals surface area contributed by atoms with Gasteiger partial charge in [0.2, 0.25) is 11.7 Å². The molecule has 0 radical (unpaired) electrons. The van der Waals surface area contributed by atoms with Crippen LogP contribution in [-0.2, 0) is 0 Å². The first-order valence-electron chi connectivity index (χ1n) is 7.37. The van der Waals surface area contributed by atoms with E-state index in [9.17, 15) is 0 Å². The molecular formula is C17H17N3O. The van der Waals surface area contributed by atoms with Crippen molar-refractivity contribution in [3.63, 3.8) is 0 Å². The fourth-order valence-corrected chi connectivity index (χ4v) is 3.03. The van der Waals surface area contributed by atoms with Crippen molar-refractivity contribution in [3.05, 3.63) is 48.4 Å². The average Bonchev–Trinajstić information content (AvgIpc) is 3.15. The number of hydrogen-bond acceptors (Lipinski definition) is 4. The van der Waals surface area contributed by atoms with Crippen LogP contribution in [0.4, 0.5) is 0 Å². The average molecular weight is 279 g/mol. The summed E-state index contributed by atoms with van der Waals surface area (Å²) in [4.78, 5) is 4.60. The van der Waals surface area contributed by atoms with Crippen LogP contribution in [0.3, 0.4) is 0 Å². The number of rotatable bonds is 2. The predicted octanol–water partition coefficient (Wildman–Crippen LogP) is 3.36. The maximum absolute atomic E-state index is 5.48. The van der Waals surface area contributed by atoms with Gasteiger partial charge in [0.25, 0.3) is 0 Å². The Morgan fingerprint density at radius 3 is 2.81 bits per heavy atom. The maximum atomic E-state index is 5.48. The summed E-state index contributed by atoms with van der Waals surface area (Å²) >= 11 is 0. The van der Waals surface area contributed by atoms with Crippen LogP contribution in [0.5, 0.6) is 0 Å². The van der Waals surface area contributed by atoms with Crippen molar-refractivity contribution in [2.45, 2.75) is 25.3 Å². The van der Waals surface area contributed by atoms with E-state index in [1.165, 1.54) is 10.8 Å². The minimum Gasteiger partial charge on any atom is -0.339 e. The topological polar surface area (TPSA) is 51.0 Å². The molecule has 2 atom stereocenters. The van der Waals surface area contributed by atoms with E-state index in [4.69, 9.17) is 4.52 Å². The third-order valence-corrected chi connectivity index (χ3v) is 4.29. The Hall–Kier alpha value is -2.20. The van der Waals surface area contributed by atoms with Crippen molar-refractivity contribution >= 4 is 10.8 Å². The summed E-state index contributed by atoms with van der Waals surface area (Å²) in [6.45, 7) is 3.18. The number of hydrogen-bond donors (Lipinski definition) is 1. The molecule has 1 aromatic heterocycles. The van der Waals surface area contributed by atoms with E-state index >= 15 is 0 Å². The molecule has 2 unspecified atom stereocenters. The summed E-state index contributed by atoms with van der Waals surface area (Å²) in [5.41, 5.74) is 1.00. The number of aromatic nitrogens is 2. The zero-order chi connectivity index (χ0) is 14.2. The molecule has 1 N–H and O–H groups in total. The quantitative estimate of drug-likeness (QED) is 0.781. The highest BCUT2D eigenvalue weighted by Crippen LogP contribution is 2.28. The van der Waals surface area contributed by atoms with Crippen LogP contribution in [-0.4, -0.2) is 22.7 Å². The normalized spacial score (nSPS) is 22.0. The third kappa shape index (κ3) is 2.21. The summed E-state index contributed by atoms with van der Waals surface area (Å²) in [5.74, 6) is 1.75. The van der Waals surface area contributed by atoms with Crippen molar-refractivity contribution in [1.82, 2.24) is 15.5 Å². The van der Waals surface area contributed by atoms with Gasteiger partial charge in [-0.1, -0.05) is 41.6 Å². The van der Waals surface area contributed by atoms with Crippen LogP contribution in [0.1, 0.15) is 25.2 Å². The molecule has 0 aliphatic carbocycles. The van der Waals surface area contributed by atoms with Crippen molar-refractivity contribution in [2.24, 2.45) is 0 Å². The van der Waals surface area contributed by atoms with Gasteiger partial charge in [0.15, 0.2) is 0 Å². The van der Waals surface area contributed by atoms with E-state index in [0.29, 0.717) is 17.8 Å². The van der Waals surface area contributed by atoms with E-state index in [0.717, 1.165) is 24.4 Å². The van der Waals surface area contributed by atoms with Crippen LogP contribution in [0.15, 0.2) is 47.0 Å². The van der Waals surface area contributed by atoms with Crippen LogP contribution in [0.25, 0.3) is 22.2 Å². The number of nitrogens with one attached hydrogen (secondary N) is 1. The molecule has 1 aliphatic rings. The zero-order valence-corrected chi connectivity index (χ0v) is 11.9. The fourth-order valence-electron chi connectivity index (χ4n) is 3.03. The SMILES string of the molecule is CC1NCCC1c1nc(-c2ccc3ccccc3c2)no1. The van der Waals surface area contributed by atoms with Gasteiger partial charge in [-0.05, 0) is 36.7 Å². The molecule has 2 aromatic carbocycles. The summed E-state index contributed by atoms with van der Waals surface area (Å²) in [7, 11) is 0. The Labute approximate surface area is 123 Å². The molecule has 1 fully saturated rings. The first-order valence-corrected chi connectivity index (χ1v) is 7.37. The van der Waals surface area contributed by atoms with Crippen LogP contribution in [0.2, 0.25) is 0 Å². The van der Waals surface area contributed by atoms with E-state index in [-0.39, 0.29) is 0 Å². The minimum absolute atomic E-state index is 0.326. The Morgan fingerprint density at radius 2 is 2.00 bits per heavy atom. The zero-order valence-electron chi connectivity index (χ0n) is 11.9. The van der Waals surface area contributed by atoms with Gasteiger partial charge in [-0.25, -0.2) is 0 Å². The van der Waals surface area contributed by atoms with E-state index in [1.807, 2.05) is 18.2 Å². The van der Waals surface area contributed by atoms with Crippen molar-refractivity contribution in [2.75, 3.05) is 6.54 Å². The summed E-state index contributed by atoms with van der Waals surface area (Å²) in [6, 6.07) is 14.9. The standard InChI is InChI=1S/C17H17N3O/c1-11-15(8-9-18-11)17-19-16(20-21-17)14-7-6-12-4-2-3-5-13(12)10-14/h2-7,10-11,15,18H,8-9H2,1H3. The van der Waals surface area contributed by atoms with Gasteiger partial charge in [-0.15, -0.1) is 0 Å². The molecule has 1 aliphatic heterocycles. The van der Waals surface area contributed by atoms with E-state index in [1.54, 1.807) is 0 Å². The molecule has 0 spiro atoms. The van der Waals surface area contributed by atoms with Gasteiger partial charge in [0.1, 0.15) is 0 Å². The van der Waals surface area contributed by atoms with Crippen molar-refractivity contribution in [1.29, 1.82) is 0 Å². The molecular weight excluding hydrogens is 262 g/mol. The molecule has 3 aromatic rings. The number of nitrogens with zero attached hydrogens (tertiary/aromatic N) is 2. The Balaban J connectivity index is 1.70. The predicted molar refractivity (Wildman–Crippen MR) is 82.1 cm³/mol. The molecule has 0 bridgehead atoms. The maximum Gasteiger partial charge on any atom is 0.231 e. The molecule has 21 heavy (non-hydrogen) atoms. The summed E-state index contributed by atoms with van der Waals surface area (Å²) in [6.07, 6.45) is 1.06. The molecule has 4 nitrogen and oxygen atoms in total. The van der Waals surface area contributed by atoms with Gasteiger partial charge in [0, 0.05) is 11.6 Å². The van der Waals surface area contributed by atoms with Crippen molar-refractivity contribution in [3.8, 4) is 11.4 Å². The number of fused-ring (bicyclic) bond motifs is 1. The number of benzene rings is 2. The third-order valence-electron chi connectivity index (χ3n) is 4.29. The highest BCUT2D eigenvalue weighted by Gasteiger charge is 2.29. The highest BCUT2D eigenvalue weighted by molar-refractivity contribution is 5.86.